The molecule has 1 aliphatic rings. The van der Waals surface area contributed by atoms with Crippen molar-refractivity contribution in [3.63, 3.8) is 0 Å². The SMILES string of the molecule is CC1(C)CCC(NCc2cc(Br)c(O)c(Br)c2)C1. The number of halogens is 2. The maximum atomic E-state index is 9.66. The van der Waals surface area contributed by atoms with E-state index in [1.807, 2.05) is 12.1 Å². The summed E-state index contributed by atoms with van der Waals surface area (Å²) in [6.07, 6.45) is 3.80. The minimum Gasteiger partial charge on any atom is -0.506 e. The van der Waals surface area contributed by atoms with Crippen LogP contribution in [0.1, 0.15) is 38.7 Å². The van der Waals surface area contributed by atoms with Gasteiger partial charge >= 0.3 is 0 Å². The van der Waals surface area contributed by atoms with Gasteiger partial charge in [0, 0.05) is 12.6 Å². The van der Waals surface area contributed by atoms with E-state index in [1.54, 1.807) is 0 Å². The van der Waals surface area contributed by atoms with Crippen LogP contribution in [0.15, 0.2) is 21.1 Å². The van der Waals surface area contributed by atoms with Gasteiger partial charge in [0.15, 0.2) is 0 Å². The Morgan fingerprint density at radius 1 is 1.33 bits per heavy atom. The summed E-state index contributed by atoms with van der Waals surface area (Å²) < 4.78 is 1.47. The molecule has 0 aliphatic heterocycles. The van der Waals surface area contributed by atoms with Gasteiger partial charge in [-0.2, -0.15) is 0 Å². The second-order valence-corrected chi connectivity index (χ2v) is 7.60. The number of benzene rings is 1. The Labute approximate surface area is 125 Å². The molecule has 2 nitrogen and oxygen atoms in total. The second-order valence-electron chi connectivity index (χ2n) is 5.89. The number of hydrogen-bond acceptors (Lipinski definition) is 2. The maximum absolute atomic E-state index is 9.66. The molecule has 0 amide bonds. The first-order valence-corrected chi connectivity index (χ1v) is 7.86. The molecule has 0 spiro atoms. The number of nitrogens with one attached hydrogen (secondary N) is 1. The van der Waals surface area contributed by atoms with Crippen molar-refractivity contribution in [1.82, 2.24) is 5.32 Å². The number of hydrogen-bond donors (Lipinski definition) is 2. The minimum absolute atomic E-state index is 0.265. The van der Waals surface area contributed by atoms with E-state index in [-0.39, 0.29) is 5.75 Å². The highest BCUT2D eigenvalue weighted by atomic mass is 79.9. The van der Waals surface area contributed by atoms with Crippen LogP contribution in [0.25, 0.3) is 0 Å². The van der Waals surface area contributed by atoms with Gasteiger partial charge in [0.25, 0.3) is 0 Å². The van der Waals surface area contributed by atoms with Crippen molar-refractivity contribution in [1.29, 1.82) is 0 Å². The van der Waals surface area contributed by atoms with Crippen LogP contribution < -0.4 is 5.32 Å². The van der Waals surface area contributed by atoms with E-state index in [9.17, 15) is 5.11 Å². The summed E-state index contributed by atoms with van der Waals surface area (Å²) in [6.45, 7) is 5.52. The molecule has 1 unspecified atom stereocenters. The van der Waals surface area contributed by atoms with Crippen LogP contribution in [0.5, 0.6) is 5.75 Å². The smallest absolute Gasteiger partial charge is 0.143 e. The fourth-order valence-electron chi connectivity index (χ4n) is 2.59. The van der Waals surface area contributed by atoms with E-state index in [4.69, 9.17) is 0 Å². The summed E-state index contributed by atoms with van der Waals surface area (Å²) in [7, 11) is 0. The van der Waals surface area contributed by atoms with Crippen LogP contribution in [0, 0.1) is 5.41 Å². The van der Waals surface area contributed by atoms with Crippen molar-refractivity contribution in [2.75, 3.05) is 0 Å². The molecule has 0 heterocycles. The molecular weight excluding hydrogens is 358 g/mol. The molecule has 1 fully saturated rings. The molecule has 0 aromatic heterocycles. The van der Waals surface area contributed by atoms with Gasteiger partial charge < -0.3 is 10.4 Å². The molecule has 1 atom stereocenters. The second kappa shape index (κ2) is 5.51. The van der Waals surface area contributed by atoms with Crippen LogP contribution in [0.3, 0.4) is 0 Å². The number of aromatic hydroxyl groups is 1. The first-order valence-electron chi connectivity index (χ1n) is 6.28. The third kappa shape index (κ3) is 3.49. The highest BCUT2D eigenvalue weighted by Gasteiger charge is 2.30. The molecule has 1 saturated carbocycles. The normalized spacial score (nSPS) is 22.3. The number of rotatable bonds is 3. The van der Waals surface area contributed by atoms with Crippen LogP contribution in [-0.2, 0) is 6.54 Å². The van der Waals surface area contributed by atoms with Gasteiger partial charge in [0.05, 0.1) is 8.95 Å². The van der Waals surface area contributed by atoms with Crippen molar-refractivity contribution in [2.24, 2.45) is 5.41 Å². The van der Waals surface area contributed by atoms with Crippen molar-refractivity contribution in [3.05, 3.63) is 26.6 Å². The molecule has 100 valence electrons. The Bertz CT molecular complexity index is 422. The summed E-state index contributed by atoms with van der Waals surface area (Å²) in [6, 6.07) is 4.55. The first-order chi connectivity index (χ1) is 8.37. The molecule has 1 aromatic rings. The van der Waals surface area contributed by atoms with E-state index in [0.717, 1.165) is 15.5 Å². The van der Waals surface area contributed by atoms with E-state index in [2.05, 4.69) is 51.0 Å². The van der Waals surface area contributed by atoms with Crippen molar-refractivity contribution >= 4 is 31.9 Å². The van der Waals surface area contributed by atoms with Gasteiger partial charge in [0.1, 0.15) is 5.75 Å². The first kappa shape index (κ1) is 14.4. The van der Waals surface area contributed by atoms with Crippen LogP contribution in [-0.4, -0.2) is 11.1 Å². The Morgan fingerprint density at radius 3 is 2.44 bits per heavy atom. The fourth-order valence-corrected chi connectivity index (χ4v) is 3.87. The summed E-state index contributed by atoms with van der Waals surface area (Å²) in [5.74, 6) is 0.265. The summed E-state index contributed by atoms with van der Waals surface area (Å²) in [5.41, 5.74) is 1.66. The topological polar surface area (TPSA) is 32.3 Å². The molecule has 1 aromatic carbocycles. The number of phenolic OH excluding ortho intramolecular Hbond substituents is 1. The van der Waals surface area contributed by atoms with E-state index >= 15 is 0 Å². The van der Waals surface area contributed by atoms with Gasteiger partial charge in [-0.05, 0) is 74.2 Å². The predicted molar refractivity (Wildman–Crippen MR) is 81.8 cm³/mol. The third-order valence-electron chi connectivity index (χ3n) is 3.64. The van der Waals surface area contributed by atoms with Gasteiger partial charge in [-0.15, -0.1) is 0 Å². The van der Waals surface area contributed by atoms with Crippen LogP contribution in [0.2, 0.25) is 0 Å². The van der Waals surface area contributed by atoms with Crippen molar-refractivity contribution in [2.45, 2.75) is 45.7 Å². The molecule has 4 heteroatoms. The summed E-state index contributed by atoms with van der Waals surface area (Å²) >= 11 is 6.72. The fraction of sp³-hybridized carbons (Fsp3) is 0.571. The van der Waals surface area contributed by atoms with E-state index in [0.29, 0.717) is 11.5 Å². The van der Waals surface area contributed by atoms with Gasteiger partial charge in [0.2, 0.25) is 0 Å². The standard InChI is InChI=1S/C14H19Br2NO/c1-14(2)4-3-10(7-14)17-8-9-5-11(15)13(18)12(16)6-9/h5-6,10,17-18H,3-4,7-8H2,1-2H3. The zero-order valence-corrected chi connectivity index (χ0v) is 13.9. The van der Waals surface area contributed by atoms with Gasteiger partial charge in [-0.3, -0.25) is 0 Å². The minimum atomic E-state index is 0.265. The molecule has 0 saturated heterocycles. The molecule has 2 N–H and O–H groups in total. The third-order valence-corrected chi connectivity index (χ3v) is 4.85. The van der Waals surface area contributed by atoms with Crippen molar-refractivity contribution in [3.8, 4) is 5.75 Å². The number of phenols is 1. The Morgan fingerprint density at radius 2 is 1.94 bits per heavy atom. The monoisotopic (exact) mass is 375 g/mol. The predicted octanol–water partition coefficient (Wildman–Crippen LogP) is 4.59. The average molecular weight is 377 g/mol. The zero-order valence-electron chi connectivity index (χ0n) is 10.8. The molecule has 0 bridgehead atoms. The lowest BCUT2D eigenvalue weighted by molar-refractivity contribution is 0.364. The van der Waals surface area contributed by atoms with E-state index < -0.39 is 0 Å². The van der Waals surface area contributed by atoms with Gasteiger partial charge in [-0.25, -0.2) is 0 Å². The Hall–Kier alpha value is -0.0600. The highest BCUT2D eigenvalue weighted by Crippen LogP contribution is 2.37. The largest absolute Gasteiger partial charge is 0.506 e. The Kier molecular flexibility index (Phi) is 4.40. The lowest BCUT2D eigenvalue weighted by Crippen LogP contribution is -2.26. The van der Waals surface area contributed by atoms with E-state index in [1.165, 1.54) is 24.8 Å². The van der Waals surface area contributed by atoms with Crippen LogP contribution in [0.4, 0.5) is 0 Å². The lowest BCUT2D eigenvalue weighted by atomic mass is 9.92. The van der Waals surface area contributed by atoms with Crippen molar-refractivity contribution < 1.29 is 5.11 Å². The highest BCUT2D eigenvalue weighted by molar-refractivity contribution is 9.11. The lowest BCUT2D eigenvalue weighted by Gasteiger charge is -2.18. The molecule has 1 aliphatic carbocycles. The molecular formula is C14H19Br2NO. The molecule has 0 radical (unpaired) electrons. The van der Waals surface area contributed by atoms with Crippen LogP contribution >= 0.6 is 31.9 Å². The average Bonchev–Trinajstić information content (AvgIpc) is 2.63. The molecule has 2 rings (SSSR count). The quantitative estimate of drug-likeness (QED) is 0.808. The Balaban J connectivity index is 1.95. The summed E-state index contributed by atoms with van der Waals surface area (Å²) in [4.78, 5) is 0. The zero-order chi connectivity index (χ0) is 13.3. The maximum Gasteiger partial charge on any atom is 0.143 e. The van der Waals surface area contributed by atoms with Gasteiger partial charge in [-0.1, -0.05) is 13.8 Å². The molecule has 18 heavy (non-hydrogen) atoms. The summed E-state index contributed by atoms with van der Waals surface area (Å²) in [5, 5.41) is 13.3.